The van der Waals surface area contributed by atoms with E-state index in [1.54, 1.807) is 42.5 Å². The number of ether oxygens (including phenoxy) is 2. The molecule has 0 saturated carbocycles. The van der Waals surface area contributed by atoms with Crippen molar-refractivity contribution >= 4 is 29.7 Å². The maximum absolute atomic E-state index is 13.1. The molecular formula is C31H24F3N5O5. The van der Waals surface area contributed by atoms with Gasteiger partial charge in [0.1, 0.15) is 28.8 Å². The molecule has 0 saturated heterocycles. The van der Waals surface area contributed by atoms with Crippen LogP contribution in [0.1, 0.15) is 22.8 Å². The SMILES string of the molecule is COc1cccc(OC(=O)C(F)(F)F)c1-c1cc(-c2cccc(N[C@](C)(N)C=O)c2)c(C#N)c(NC(=O)c2ccccc2)n1. The number of carbonyl (C=O) groups is 3. The molecule has 1 aromatic heterocycles. The summed E-state index contributed by atoms with van der Waals surface area (Å²) in [7, 11) is 1.25. The number of hydrogen-bond donors (Lipinski definition) is 3. The fraction of sp³-hybridized carbons (Fsp3) is 0.129. The normalized spacial score (nSPS) is 12.3. The van der Waals surface area contributed by atoms with Gasteiger partial charge in [0.25, 0.3) is 5.91 Å². The molecule has 1 atom stereocenters. The van der Waals surface area contributed by atoms with Crippen LogP contribution in [0.4, 0.5) is 24.7 Å². The van der Waals surface area contributed by atoms with Crippen LogP contribution >= 0.6 is 0 Å². The highest BCUT2D eigenvalue weighted by atomic mass is 19.4. The summed E-state index contributed by atoms with van der Waals surface area (Å²) in [5.74, 6) is -3.88. The number of nitriles is 1. The molecule has 4 N–H and O–H groups in total. The molecule has 3 aromatic carbocycles. The minimum Gasteiger partial charge on any atom is -0.496 e. The van der Waals surface area contributed by atoms with Crippen LogP contribution in [0.2, 0.25) is 0 Å². The predicted molar refractivity (Wildman–Crippen MR) is 155 cm³/mol. The van der Waals surface area contributed by atoms with Gasteiger partial charge in [0.05, 0.1) is 18.4 Å². The number of nitrogens with one attached hydrogen (secondary N) is 2. The molecule has 0 fully saturated rings. The second kappa shape index (κ2) is 12.6. The first-order chi connectivity index (χ1) is 20.9. The van der Waals surface area contributed by atoms with Crippen molar-refractivity contribution in [3.8, 4) is 40.0 Å². The maximum atomic E-state index is 13.1. The number of hydrogen-bond acceptors (Lipinski definition) is 9. The van der Waals surface area contributed by atoms with Gasteiger partial charge in [0.15, 0.2) is 12.1 Å². The zero-order valence-electron chi connectivity index (χ0n) is 23.2. The molecule has 0 aliphatic heterocycles. The highest BCUT2D eigenvalue weighted by Crippen LogP contribution is 2.42. The first-order valence-electron chi connectivity index (χ1n) is 12.8. The second-order valence-electron chi connectivity index (χ2n) is 9.54. The van der Waals surface area contributed by atoms with E-state index in [0.29, 0.717) is 17.5 Å². The summed E-state index contributed by atoms with van der Waals surface area (Å²) in [4.78, 5) is 40.7. The van der Waals surface area contributed by atoms with Gasteiger partial charge in [-0.1, -0.05) is 36.4 Å². The van der Waals surface area contributed by atoms with Gasteiger partial charge in [0, 0.05) is 16.8 Å². The van der Waals surface area contributed by atoms with Gasteiger partial charge in [-0.05, 0) is 55.0 Å². The number of benzene rings is 3. The average Bonchev–Trinajstić information content (AvgIpc) is 3.00. The molecule has 10 nitrogen and oxygen atoms in total. The number of esters is 1. The van der Waals surface area contributed by atoms with E-state index in [1.165, 1.54) is 44.4 Å². The van der Waals surface area contributed by atoms with Crippen LogP contribution in [0.3, 0.4) is 0 Å². The van der Waals surface area contributed by atoms with Crippen LogP contribution in [-0.2, 0) is 9.59 Å². The van der Waals surface area contributed by atoms with E-state index in [-0.39, 0.29) is 39.5 Å². The number of anilines is 2. The highest BCUT2D eigenvalue weighted by molar-refractivity contribution is 6.05. The van der Waals surface area contributed by atoms with E-state index in [0.717, 1.165) is 6.07 Å². The van der Waals surface area contributed by atoms with Crippen LogP contribution in [0.15, 0.2) is 78.9 Å². The van der Waals surface area contributed by atoms with Crippen molar-refractivity contribution in [2.24, 2.45) is 5.73 Å². The predicted octanol–water partition coefficient (Wildman–Crippen LogP) is 5.30. The summed E-state index contributed by atoms with van der Waals surface area (Å²) >= 11 is 0. The van der Waals surface area contributed by atoms with Crippen molar-refractivity contribution in [3.05, 3.63) is 90.0 Å². The lowest BCUT2D eigenvalue weighted by molar-refractivity contribution is -0.189. The van der Waals surface area contributed by atoms with Gasteiger partial charge in [0.2, 0.25) is 0 Å². The number of alkyl halides is 3. The first-order valence-corrected chi connectivity index (χ1v) is 12.8. The van der Waals surface area contributed by atoms with Crippen LogP contribution in [0, 0.1) is 11.3 Å². The molecule has 13 heteroatoms. The Kier molecular flexibility index (Phi) is 8.96. The van der Waals surface area contributed by atoms with Crippen LogP contribution < -0.4 is 25.8 Å². The summed E-state index contributed by atoms with van der Waals surface area (Å²) in [5.41, 5.74) is 5.36. The summed E-state index contributed by atoms with van der Waals surface area (Å²) in [6, 6.07) is 21.7. The highest BCUT2D eigenvalue weighted by Gasteiger charge is 2.42. The van der Waals surface area contributed by atoms with E-state index in [4.69, 9.17) is 15.2 Å². The van der Waals surface area contributed by atoms with Gasteiger partial charge >= 0.3 is 12.1 Å². The third-order valence-electron chi connectivity index (χ3n) is 6.13. The lowest BCUT2D eigenvalue weighted by atomic mass is 9.97. The molecule has 0 spiro atoms. The summed E-state index contributed by atoms with van der Waals surface area (Å²) in [6.07, 6.45) is -4.79. The van der Waals surface area contributed by atoms with Crippen molar-refractivity contribution in [2.45, 2.75) is 18.8 Å². The smallest absolute Gasteiger partial charge is 0.491 e. The molecule has 0 radical (unpaired) electrons. The van der Waals surface area contributed by atoms with Gasteiger partial charge < -0.3 is 25.8 Å². The van der Waals surface area contributed by atoms with Crippen LogP contribution in [0.25, 0.3) is 22.4 Å². The van der Waals surface area contributed by atoms with Crippen molar-refractivity contribution in [3.63, 3.8) is 0 Å². The van der Waals surface area contributed by atoms with E-state index in [1.807, 2.05) is 6.07 Å². The van der Waals surface area contributed by atoms with E-state index in [9.17, 15) is 32.8 Å². The summed E-state index contributed by atoms with van der Waals surface area (Å²) in [5, 5.41) is 15.7. The lowest BCUT2D eigenvalue weighted by Crippen LogP contribution is -2.46. The van der Waals surface area contributed by atoms with Crippen molar-refractivity contribution in [2.75, 3.05) is 17.7 Å². The molecule has 0 aliphatic carbocycles. The number of nitrogens with zero attached hydrogens (tertiary/aromatic N) is 2. The largest absolute Gasteiger partial charge is 0.496 e. The number of methoxy groups -OCH3 is 1. The number of nitrogens with two attached hydrogens (primary N) is 1. The molecule has 4 aromatic rings. The zero-order valence-corrected chi connectivity index (χ0v) is 23.2. The monoisotopic (exact) mass is 603 g/mol. The molecule has 0 bridgehead atoms. The molecule has 0 aliphatic rings. The van der Waals surface area contributed by atoms with Gasteiger partial charge in [-0.25, -0.2) is 9.78 Å². The molecule has 44 heavy (non-hydrogen) atoms. The zero-order chi connectivity index (χ0) is 32.1. The molecule has 4 rings (SSSR count). The molecule has 1 amide bonds. The Bertz CT molecular complexity index is 1770. The Morgan fingerprint density at radius 3 is 2.32 bits per heavy atom. The lowest BCUT2D eigenvalue weighted by Gasteiger charge is -2.21. The molecule has 0 unspecified atom stereocenters. The summed E-state index contributed by atoms with van der Waals surface area (Å²) in [6.45, 7) is 1.45. The number of aromatic nitrogens is 1. The van der Waals surface area contributed by atoms with E-state index >= 15 is 0 Å². The van der Waals surface area contributed by atoms with Crippen molar-refractivity contribution in [1.82, 2.24) is 4.98 Å². The Morgan fingerprint density at radius 2 is 1.68 bits per heavy atom. The maximum Gasteiger partial charge on any atom is 0.491 e. The molecule has 224 valence electrons. The Morgan fingerprint density at radius 1 is 1.00 bits per heavy atom. The first kappa shape index (κ1) is 31.2. The van der Waals surface area contributed by atoms with Crippen LogP contribution in [0.5, 0.6) is 11.5 Å². The average molecular weight is 604 g/mol. The van der Waals surface area contributed by atoms with E-state index < -0.39 is 29.5 Å². The number of rotatable bonds is 9. The number of halogens is 3. The number of pyridine rings is 1. The van der Waals surface area contributed by atoms with E-state index in [2.05, 4.69) is 15.6 Å². The van der Waals surface area contributed by atoms with Gasteiger partial charge in [-0.2, -0.15) is 18.4 Å². The minimum absolute atomic E-state index is 0.0127. The number of aldehydes is 1. The molecular weight excluding hydrogens is 579 g/mol. The van der Waals surface area contributed by atoms with Crippen LogP contribution in [-0.4, -0.2) is 42.1 Å². The third-order valence-corrected chi connectivity index (χ3v) is 6.13. The Balaban J connectivity index is 1.97. The Labute approximate surface area is 249 Å². The number of amides is 1. The minimum atomic E-state index is -5.30. The second-order valence-corrected chi connectivity index (χ2v) is 9.54. The van der Waals surface area contributed by atoms with Gasteiger partial charge in [-0.15, -0.1) is 0 Å². The summed E-state index contributed by atoms with van der Waals surface area (Å²) < 4.78 is 49.5. The number of carbonyl (C=O) groups excluding carboxylic acids is 3. The van der Waals surface area contributed by atoms with Crippen molar-refractivity contribution < 1.29 is 37.0 Å². The third kappa shape index (κ3) is 7.00. The van der Waals surface area contributed by atoms with Crippen molar-refractivity contribution in [1.29, 1.82) is 5.26 Å². The molecule has 1 heterocycles. The van der Waals surface area contributed by atoms with Gasteiger partial charge in [-0.3, -0.25) is 9.59 Å². The quantitative estimate of drug-likeness (QED) is 0.1000. The fourth-order valence-corrected chi connectivity index (χ4v) is 4.15. The topological polar surface area (TPSA) is 156 Å². The Hall–Kier alpha value is -5.74. The fourth-order valence-electron chi connectivity index (χ4n) is 4.15. The standard InChI is InChI=1S/C31H24F3N5O5/c1-30(36,17-40)39-20-11-6-10-19(14-20)21-15-23(26-24(43-2)12-7-13-25(26)44-29(42)31(32,33)34)37-27(22(21)16-35)38-28(41)18-8-4-3-5-9-18/h3-15,17,39H,36H2,1-2H3,(H,37,38,41)/t30-/m0/s1.